The number of amides is 3. The van der Waals surface area contributed by atoms with E-state index in [0.29, 0.717) is 10.2 Å². The van der Waals surface area contributed by atoms with Crippen LogP contribution in [0.15, 0.2) is 17.1 Å². The molecule has 1 aliphatic rings. The van der Waals surface area contributed by atoms with E-state index in [1.165, 1.54) is 11.7 Å². The lowest BCUT2D eigenvalue weighted by molar-refractivity contribution is -0.142. The molecule has 3 rings (SSSR count). The van der Waals surface area contributed by atoms with E-state index >= 15 is 0 Å². The number of halogens is 2. The van der Waals surface area contributed by atoms with Gasteiger partial charge in [0.25, 0.3) is 5.91 Å². The lowest BCUT2D eigenvalue weighted by atomic mass is 10.3. The Morgan fingerprint density at radius 2 is 1.85 bits per heavy atom. The number of methoxy groups -OCH3 is 1. The summed E-state index contributed by atoms with van der Waals surface area (Å²) in [7, 11) is 1.23. The Hall–Kier alpha value is -2.23. The molecule has 0 unspecified atom stereocenters. The van der Waals surface area contributed by atoms with E-state index in [4.69, 9.17) is 23.2 Å². The third kappa shape index (κ3) is 3.90. The van der Waals surface area contributed by atoms with Gasteiger partial charge in [-0.05, 0) is 12.1 Å². The maximum atomic E-state index is 12.3. The Kier molecular flexibility index (Phi) is 5.64. The number of hydrogen-bond donors (Lipinski definition) is 0. The van der Waals surface area contributed by atoms with Crippen LogP contribution in [-0.2, 0) is 30.5 Å². The number of benzene rings is 1. The van der Waals surface area contributed by atoms with E-state index in [1.54, 1.807) is 12.1 Å². The molecule has 3 amide bonds. The summed E-state index contributed by atoms with van der Waals surface area (Å²) in [6.45, 7) is -0.678. The highest BCUT2D eigenvalue weighted by Crippen LogP contribution is 2.32. The smallest absolute Gasteiger partial charge is 0.325 e. The summed E-state index contributed by atoms with van der Waals surface area (Å²) in [5.74, 6) is -2.06. The van der Waals surface area contributed by atoms with Crippen molar-refractivity contribution >= 4 is 68.4 Å². The predicted molar refractivity (Wildman–Crippen MR) is 98.4 cm³/mol. The second-order valence-electron chi connectivity index (χ2n) is 5.63. The van der Waals surface area contributed by atoms with Crippen LogP contribution in [0.5, 0.6) is 0 Å². The molecule has 0 spiro atoms. The Morgan fingerprint density at radius 1 is 1.19 bits per heavy atom. The first-order valence-corrected chi connectivity index (χ1v) is 9.34. The molecule has 0 radical (unpaired) electrons. The van der Waals surface area contributed by atoms with Crippen molar-refractivity contribution in [1.29, 1.82) is 0 Å². The molecule has 2 aromatic rings. The summed E-state index contributed by atoms with van der Waals surface area (Å²) in [5, 5.41) is 0.500. The Balaban J connectivity index is 2.05. The molecule has 2 heterocycles. The third-order valence-corrected chi connectivity index (χ3v) is 5.76. The molecule has 1 fully saturated rings. The second kappa shape index (κ2) is 7.79. The van der Waals surface area contributed by atoms with Crippen molar-refractivity contribution in [1.82, 2.24) is 9.47 Å². The van der Waals surface area contributed by atoms with E-state index in [9.17, 15) is 19.2 Å². The minimum Gasteiger partial charge on any atom is -0.468 e. The number of nitrogens with zero attached hydrogens (tertiary/aromatic N) is 3. The van der Waals surface area contributed by atoms with E-state index in [2.05, 4.69) is 9.73 Å². The topological polar surface area (TPSA) is 98.0 Å². The molecule has 27 heavy (non-hydrogen) atoms. The molecule has 0 bridgehead atoms. The van der Waals surface area contributed by atoms with E-state index < -0.39 is 30.2 Å². The molecule has 1 saturated heterocycles. The van der Waals surface area contributed by atoms with Crippen LogP contribution in [0.25, 0.3) is 10.2 Å². The van der Waals surface area contributed by atoms with Gasteiger partial charge in [-0.15, -0.1) is 0 Å². The molecule has 1 aromatic carbocycles. The predicted octanol–water partition coefficient (Wildman–Crippen LogP) is 1.76. The fraction of sp³-hybridized carbons (Fsp3) is 0.312. The molecule has 1 aromatic heterocycles. The monoisotopic (exact) mass is 429 g/mol. The van der Waals surface area contributed by atoms with Gasteiger partial charge in [0.1, 0.15) is 13.1 Å². The van der Waals surface area contributed by atoms with Crippen molar-refractivity contribution in [2.24, 2.45) is 4.99 Å². The number of fused-ring (bicyclic) bond motifs is 1. The number of thiazole rings is 1. The zero-order valence-electron chi connectivity index (χ0n) is 14.0. The van der Waals surface area contributed by atoms with E-state index in [1.807, 2.05) is 0 Å². The summed E-state index contributed by atoms with van der Waals surface area (Å²) >= 11 is 13.4. The highest BCUT2D eigenvalue weighted by atomic mass is 35.5. The molecule has 0 N–H and O–H groups in total. The van der Waals surface area contributed by atoms with Crippen molar-refractivity contribution in [3.63, 3.8) is 0 Å². The first kappa shape index (κ1) is 19.5. The van der Waals surface area contributed by atoms with Crippen LogP contribution in [0.2, 0.25) is 10.0 Å². The fourth-order valence-electron chi connectivity index (χ4n) is 2.61. The van der Waals surface area contributed by atoms with Gasteiger partial charge >= 0.3 is 5.97 Å². The Bertz CT molecular complexity index is 1030. The van der Waals surface area contributed by atoms with Crippen molar-refractivity contribution in [3.05, 3.63) is 27.0 Å². The van der Waals surface area contributed by atoms with Crippen molar-refractivity contribution < 1.29 is 23.9 Å². The van der Waals surface area contributed by atoms with Crippen LogP contribution in [0.1, 0.15) is 12.8 Å². The lowest BCUT2D eigenvalue weighted by Crippen LogP contribution is -2.34. The molecule has 0 saturated carbocycles. The minimum atomic E-state index is -0.689. The second-order valence-corrected chi connectivity index (χ2v) is 7.43. The van der Waals surface area contributed by atoms with Crippen LogP contribution < -0.4 is 4.80 Å². The highest BCUT2D eigenvalue weighted by molar-refractivity contribution is 7.16. The number of likely N-dealkylation sites (tertiary alicyclic amines) is 1. The summed E-state index contributed by atoms with van der Waals surface area (Å²) < 4.78 is 6.77. The standard InChI is InChI=1S/C16H13Cl2N3O5S/c1-26-13(25)7-21-15-9(3-2-8(17)14(15)18)27-16(21)19-10(22)6-20-11(23)4-5-12(20)24/h2-3H,4-7H2,1H3. The highest BCUT2D eigenvalue weighted by Gasteiger charge is 2.30. The van der Waals surface area contributed by atoms with Gasteiger partial charge in [0.05, 0.1) is 27.4 Å². The van der Waals surface area contributed by atoms with Crippen LogP contribution >= 0.6 is 34.5 Å². The van der Waals surface area contributed by atoms with Gasteiger partial charge in [0, 0.05) is 12.8 Å². The van der Waals surface area contributed by atoms with E-state index in [0.717, 1.165) is 16.2 Å². The van der Waals surface area contributed by atoms with Gasteiger partial charge in [-0.2, -0.15) is 4.99 Å². The molecule has 0 atom stereocenters. The fourth-order valence-corrected chi connectivity index (χ4v) is 4.14. The quantitative estimate of drug-likeness (QED) is 0.544. The van der Waals surface area contributed by atoms with Gasteiger partial charge in [-0.3, -0.25) is 24.1 Å². The first-order valence-electron chi connectivity index (χ1n) is 7.76. The van der Waals surface area contributed by atoms with Gasteiger partial charge in [-0.25, -0.2) is 0 Å². The molecular formula is C16H13Cl2N3O5S. The van der Waals surface area contributed by atoms with Gasteiger partial charge < -0.3 is 9.30 Å². The molecule has 0 aliphatic carbocycles. The molecular weight excluding hydrogens is 417 g/mol. The van der Waals surface area contributed by atoms with Gasteiger partial charge in [-0.1, -0.05) is 34.5 Å². The van der Waals surface area contributed by atoms with Crippen LogP contribution in [0, 0.1) is 0 Å². The number of carbonyl (C=O) groups is 4. The maximum absolute atomic E-state index is 12.3. The van der Waals surface area contributed by atoms with Crippen LogP contribution in [0.3, 0.4) is 0 Å². The van der Waals surface area contributed by atoms with Crippen LogP contribution in [0.4, 0.5) is 0 Å². The number of hydrogen-bond acceptors (Lipinski definition) is 6. The SMILES string of the molecule is COC(=O)Cn1c(=NC(=O)CN2C(=O)CCC2=O)sc2ccc(Cl)c(Cl)c21. The summed E-state index contributed by atoms with van der Waals surface area (Å²) in [5.41, 5.74) is 0.444. The zero-order valence-corrected chi connectivity index (χ0v) is 16.4. The number of esters is 1. The molecule has 11 heteroatoms. The summed E-state index contributed by atoms with van der Waals surface area (Å²) in [4.78, 5) is 52.4. The van der Waals surface area contributed by atoms with Crippen molar-refractivity contribution in [3.8, 4) is 0 Å². The minimum absolute atomic E-state index is 0.0887. The van der Waals surface area contributed by atoms with Crippen molar-refractivity contribution in [2.45, 2.75) is 19.4 Å². The normalized spacial score (nSPS) is 15.1. The maximum Gasteiger partial charge on any atom is 0.325 e. The first-order chi connectivity index (χ1) is 12.8. The zero-order chi connectivity index (χ0) is 19.7. The molecule has 1 aliphatic heterocycles. The van der Waals surface area contributed by atoms with E-state index in [-0.39, 0.29) is 34.2 Å². The number of carbonyl (C=O) groups excluding carboxylic acids is 4. The lowest BCUT2D eigenvalue weighted by Gasteiger charge is -2.10. The number of aromatic nitrogens is 1. The Morgan fingerprint density at radius 3 is 2.48 bits per heavy atom. The van der Waals surface area contributed by atoms with Crippen LogP contribution in [-0.4, -0.2) is 46.8 Å². The Labute approximate surface area is 166 Å². The van der Waals surface area contributed by atoms with Gasteiger partial charge in [0.2, 0.25) is 11.8 Å². The molecule has 8 nitrogen and oxygen atoms in total. The largest absolute Gasteiger partial charge is 0.468 e. The summed E-state index contributed by atoms with van der Waals surface area (Å²) in [6, 6.07) is 3.29. The number of rotatable bonds is 4. The van der Waals surface area contributed by atoms with Crippen molar-refractivity contribution in [2.75, 3.05) is 13.7 Å². The third-order valence-electron chi connectivity index (χ3n) is 3.92. The number of imide groups is 1. The summed E-state index contributed by atoms with van der Waals surface area (Å²) in [6.07, 6.45) is 0.177. The molecule has 142 valence electrons. The average Bonchev–Trinajstić information content (AvgIpc) is 3.13. The van der Waals surface area contributed by atoms with Gasteiger partial charge in [0.15, 0.2) is 4.80 Å². The average molecular weight is 430 g/mol. The number of ether oxygens (including phenoxy) is 1.